The summed E-state index contributed by atoms with van der Waals surface area (Å²) in [4.78, 5) is 6.80. The summed E-state index contributed by atoms with van der Waals surface area (Å²) >= 11 is 0. The van der Waals surface area contributed by atoms with Gasteiger partial charge in [0.25, 0.3) is 0 Å². The predicted molar refractivity (Wildman–Crippen MR) is 58.5 cm³/mol. The van der Waals surface area contributed by atoms with Crippen LogP contribution < -0.4 is 10.2 Å². The molecule has 0 radical (unpaired) electrons. The average molecular weight is 191 g/mol. The second-order valence-electron chi connectivity index (χ2n) is 3.65. The molecule has 0 amide bonds. The van der Waals surface area contributed by atoms with Gasteiger partial charge in [0, 0.05) is 31.9 Å². The molecule has 1 saturated heterocycles. The van der Waals surface area contributed by atoms with E-state index < -0.39 is 0 Å². The van der Waals surface area contributed by atoms with Crippen molar-refractivity contribution in [3.05, 3.63) is 24.4 Å². The largest absolute Gasteiger partial charge is 0.351 e. The molecule has 14 heavy (non-hydrogen) atoms. The van der Waals surface area contributed by atoms with Gasteiger partial charge in [0.2, 0.25) is 0 Å². The topological polar surface area (TPSA) is 28.2 Å². The van der Waals surface area contributed by atoms with Crippen molar-refractivity contribution < 1.29 is 0 Å². The number of pyridine rings is 1. The summed E-state index contributed by atoms with van der Waals surface area (Å²) in [6.45, 7) is 5.43. The van der Waals surface area contributed by atoms with E-state index in [0.717, 1.165) is 25.5 Å². The Kier molecular flexibility index (Phi) is 2.99. The van der Waals surface area contributed by atoms with Crippen molar-refractivity contribution in [2.75, 3.05) is 24.5 Å². The molecule has 0 aromatic carbocycles. The lowest BCUT2D eigenvalue weighted by Gasteiger charge is -2.36. The van der Waals surface area contributed by atoms with Crippen molar-refractivity contribution in [2.45, 2.75) is 19.4 Å². The SMILES string of the molecule is CCC1CNCCN1c1ccccn1. The molecule has 76 valence electrons. The molecule has 1 N–H and O–H groups in total. The maximum atomic E-state index is 4.40. The summed E-state index contributed by atoms with van der Waals surface area (Å²) in [5.41, 5.74) is 0. The third-order valence-electron chi connectivity index (χ3n) is 2.77. The Morgan fingerprint density at radius 1 is 1.57 bits per heavy atom. The van der Waals surface area contributed by atoms with E-state index in [-0.39, 0.29) is 0 Å². The van der Waals surface area contributed by atoms with Crippen LogP contribution in [0, 0.1) is 0 Å². The molecule has 1 aromatic rings. The van der Waals surface area contributed by atoms with Crippen LogP contribution in [0.15, 0.2) is 24.4 Å². The van der Waals surface area contributed by atoms with Crippen LogP contribution in [-0.4, -0.2) is 30.7 Å². The first-order chi connectivity index (χ1) is 6.92. The number of piperazine rings is 1. The molecule has 0 bridgehead atoms. The Morgan fingerprint density at radius 3 is 3.21 bits per heavy atom. The third-order valence-corrected chi connectivity index (χ3v) is 2.77. The van der Waals surface area contributed by atoms with Crippen molar-refractivity contribution in [2.24, 2.45) is 0 Å². The summed E-state index contributed by atoms with van der Waals surface area (Å²) in [5, 5.41) is 3.42. The number of anilines is 1. The molecule has 0 aliphatic carbocycles. The second-order valence-corrected chi connectivity index (χ2v) is 3.65. The van der Waals surface area contributed by atoms with E-state index in [0.29, 0.717) is 6.04 Å². The summed E-state index contributed by atoms with van der Waals surface area (Å²) in [6.07, 6.45) is 3.04. The van der Waals surface area contributed by atoms with Gasteiger partial charge >= 0.3 is 0 Å². The van der Waals surface area contributed by atoms with Gasteiger partial charge in [-0.2, -0.15) is 0 Å². The van der Waals surface area contributed by atoms with E-state index >= 15 is 0 Å². The molecule has 2 heterocycles. The minimum atomic E-state index is 0.596. The van der Waals surface area contributed by atoms with E-state index in [9.17, 15) is 0 Å². The zero-order chi connectivity index (χ0) is 9.80. The molecular formula is C11H17N3. The first-order valence-electron chi connectivity index (χ1n) is 5.30. The molecule has 2 rings (SSSR count). The molecule has 1 aromatic heterocycles. The fourth-order valence-electron chi connectivity index (χ4n) is 1.95. The molecule has 1 fully saturated rings. The zero-order valence-corrected chi connectivity index (χ0v) is 8.61. The molecule has 3 nitrogen and oxygen atoms in total. The van der Waals surface area contributed by atoms with Crippen molar-refractivity contribution in [1.29, 1.82) is 0 Å². The monoisotopic (exact) mass is 191 g/mol. The van der Waals surface area contributed by atoms with Crippen LogP contribution >= 0.6 is 0 Å². The van der Waals surface area contributed by atoms with E-state index in [2.05, 4.69) is 34.3 Å². The molecule has 3 heteroatoms. The normalized spacial score (nSPS) is 22.4. The molecule has 1 aliphatic rings. The quantitative estimate of drug-likeness (QED) is 0.763. The summed E-state index contributed by atoms with van der Waals surface area (Å²) in [7, 11) is 0. The maximum absolute atomic E-state index is 4.40. The molecule has 1 unspecified atom stereocenters. The summed E-state index contributed by atoms with van der Waals surface area (Å²) in [6, 6.07) is 6.70. The molecule has 1 aliphatic heterocycles. The lowest BCUT2D eigenvalue weighted by molar-refractivity contribution is 0.463. The van der Waals surface area contributed by atoms with Crippen molar-refractivity contribution in [1.82, 2.24) is 10.3 Å². The van der Waals surface area contributed by atoms with Gasteiger partial charge in [-0.25, -0.2) is 4.98 Å². The second kappa shape index (κ2) is 4.42. The first-order valence-corrected chi connectivity index (χ1v) is 5.30. The van der Waals surface area contributed by atoms with Crippen molar-refractivity contribution >= 4 is 5.82 Å². The van der Waals surface area contributed by atoms with Gasteiger partial charge in [0.1, 0.15) is 5.82 Å². The van der Waals surface area contributed by atoms with Crippen LogP contribution in [0.25, 0.3) is 0 Å². The molecule has 1 atom stereocenters. The third kappa shape index (κ3) is 1.87. The van der Waals surface area contributed by atoms with Crippen LogP contribution in [0.3, 0.4) is 0 Å². The maximum Gasteiger partial charge on any atom is 0.128 e. The Morgan fingerprint density at radius 2 is 2.50 bits per heavy atom. The highest BCUT2D eigenvalue weighted by Gasteiger charge is 2.20. The van der Waals surface area contributed by atoms with Gasteiger partial charge in [0.15, 0.2) is 0 Å². The summed E-state index contributed by atoms with van der Waals surface area (Å²) < 4.78 is 0. The fraction of sp³-hybridized carbons (Fsp3) is 0.545. The summed E-state index contributed by atoms with van der Waals surface area (Å²) in [5.74, 6) is 1.11. The number of aromatic nitrogens is 1. The van der Waals surface area contributed by atoms with Gasteiger partial charge in [-0.05, 0) is 18.6 Å². The van der Waals surface area contributed by atoms with Gasteiger partial charge in [-0.3, -0.25) is 0 Å². The smallest absolute Gasteiger partial charge is 0.128 e. The van der Waals surface area contributed by atoms with Crippen molar-refractivity contribution in [3.63, 3.8) is 0 Å². The predicted octanol–water partition coefficient (Wildman–Crippen LogP) is 1.27. The average Bonchev–Trinajstić information content (AvgIpc) is 2.30. The molecule has 0 saturated carbocycles. The van der Waals surface area contributed by atoms with E-state index in [1.807, 2.05) is 12.3 Å². The Hall–Kier alpha value is -1.09. The van der Waals surface area contributed by atoms with Gasteiger partial charge < -0.3 is 10.2 Å². The molecule has 0 spiro atoms. The lowest BCUT2D eigenvalue weighted by Crippen LogP contribution is -2.51. The van der Waals surface area contributed by atoms with Gasteiger partial charge in [-0.1, -0.05) is 13.0 Å². The minimum Gasteiger partial charge on any atom is -0.351 e. The van der Waals surface area contributed by atoms with E-state index in [1.165, 1.54) is 6.42 Å². The lowest BCUT2D eigenvalue weighted by atomic mass is 10.1. The Bertz CT molecular complexity index is 273. The highest BCUT2D eigenvalue weighted by Crippen LogP contribution is 2.16. The standard InChI is InChI=1S/C11H17N3/c1-2-10-9-12-7-8-14(10)11-5-3-4-6-13-11/h3-6,10,12H,2,7-9H2,1H3. The number of hydrogen-bond donors (Lipinski definition) is 1. The number of hydrogen-bond acceptors (Lipinski definition) is 3. The van der Waals surface area contributed by atoms with E-state index in [4.69, 9.17) is 0 Å². The van der Waals surface area contributed by atoms with Gasteiger partial charge in [-0.15, -0.1) is 0 Å². The van der Waals surface area contributed by atoms with Crippen LogP contribution in [0.5, 0.6) is 0 Å². The minimum absolute atomic E-state index is 0.596. The highest BCUT2D eigenvalue weighted by atomic mass is 15.3. The van der Waals surface area contributed by atoms with Crippen molar-refractivity contribution in [3.8, 4) is 0 Å². The Balaban J connectivity index is 2.15. The van der Waals surface area contributed by atoms with Crippen LogP contribution in [-0.2, 0) is 0 Å². The van der Waals surface area contributed by atoms with Crippen LogP contribution in [0.4, 0.5) is 5.82 Å². The first kappa shape index (κ1) is 9.46. The zero-order valence-electron chi connectivity index (χ0n) is 8.61. The highest BCUT2D eigenvalue weighted by molar-refractivity contribution is 5.39. The van der Waals surface area contributed by atoms with Gasteiger partial charge in [0.05, 0.1) is 0 Å². The van der Waals surface area contributed by atoms with Crippen LogP contribution in [0.2, 0.25) is 0 Å². The molecular weight excluding hydrogens is 174 g/mol. The number of rotatable bonds is 2. The number of nitrogens with zero attached hydrogens (tertiary/aromatic N) is 2. The number of nitrogens with one attached hydrogen (secondary N) is 1. The van der Waals surface area contributed by atoms with E-state index in [1.54, 1.807) is 0 Å². The fourth-order valence-corrected chi connectivity index (χ4v) is 1.95. The Labute approximate surface area is 85.1 Å². The van der Waals surface area contributed by atoms with Crippen LogP contribution in [0.1, 0.15) is 13.3 Å².